The zero-order chi connectivity index (χ0) is 7.68. The van der Waals surface area contributed by atoms with Gasteiger partial charge in [0.2, 0.25) is 0 Å². The Hall–Kier alpha value is -0.830. The summed E-state index contributed by atoms with van der Waals surface area (Å²) in [5, 5.41) is 0. The van der Waals surface area contributed by atoms with Gasteiger partial charge in [-0.25, -0.2) is 4.98 Å². The van der Waals surface area contributed by atoms with E-state index < -0.39 is 0 Å². The molecule has 1 aromatic rings. The van der Waals surface area contributed by atoms with E-state index in [0.717, 1.165) is 18.9 Å². The molecule has 3 nitrogen and oxygen atoms in total. The third-order valence-corrected chi connectivity index (χ3v) is 2.36. The maximum Gasteiger partial charge on any atom is 0.0923 e. The number of rotatable bonds is 3. The monoisotopic (exact) mass is 151 g/mol. The van der Waals surface area contributed by atoms with Crippen LogP contribution in [0.2, 0.25) is 0 Å². The van der Waals surface area contributed by atoms with Crippen LogP contribution in [0, 0.1) is 5.92 Å². The molecule has 60 valence electrons. The number of nitrogens with zero attached hydrogens (tertiary/aromatic N) is 1. The molecular weight excluding hydrogens is 138 g/mol. The van der Waals surface area contributed by atoms with Crippen LogP contribution in [0.5, 0.6) is 0 Å². The zero-order valence-electron chi connectivity index (χ0n) is 6.46. The van der Waals surface area contributed by atoms with E-state index in [0.29, 0.717) is 5.92 Å². The molecule has 3 heteroatoms. The molecule has 11 heavy (non-hydrogen) atoms. The smallest absolute Gasteiger partial charge is 0.0923 e. The van der Waals surface area contributed by atoms with Gasteiger partial charge in [-0.3, -0.25) is 0 Å². The summed E-state index contributed by atoms with van der Waals surface area (Å²) < 4.78 is 0. The van der Waals surface area contributed by atoms with Gasteiger partial charge in [0.25, 0.3) is 0 Å². The van der Waals surface area contributed by atoms with E-state index in [1.165, 1.54) is 12.1 Å². The van der Waals surface area contributed by atoms with Crippen LogP contribution in [0.4, 0.5) is 0 Å². The molecule has 1 aliphatic carbocycles. The topological polar surface area (TPSA) is 54.7 Å². The second kappa shape index (κ2) is 2.66. The second-order valence-corrected chi connectivity index (χ2v) is 3.17. The van der Waals surface area contributed by atoms with Gasteiger partial charge in [0.1, 0.15) is 0 Å². The van der Waals surface area contributed by atoms with Gasteiger partial charge in [0, 0.05) is 12.1 Å². The molecule has 0 amide bonds. The molecule has 1 aliphatic rings. The van der Waals surface area contributed by atoms with Crippen molar-refractivity contribution in [3.63, 3.8) is 0 Å². The fourth-order valence-corrected chi connectivity index (χ4v) is 1.62. The van der Waals surface area contributed by atoms with E-state index >= 15 is 0 Å². The van der Waals surface area contributed by atoms with Crippen LogP contribution in [0.25, 0.3) is 0 Å². The van der Waals surface area contributed by atoms with Crippen molar-refractivity contribution in [2.45, 2.75) is 18.8 Å². The summed E-state index contributed by atoms with van der Waals surface area (Å²) in [5.74, 6) is 1.51. The molecule has 0 saturated heterocycles. The molecule has 1 saturated carbocycles. The van der Waals surface area contributed by atoms with Crippen molar-refractivity contribution in [2.24, 2.45) is 11.7 Å². The number of H-pyrrole nitrogens is 1. The minimum atomic E-state index is 0.699. The standard InChI is InChI=1S/C8H13N3/c9-2-1-6-3-7(6)8-4-10-5-11-8/h4-7H,1-3,9H2,(H,10,11)/t6-,7?/m1/s1. The maximum absolute atomic E-state index is 5.46. The van der Waals surface area contributed by atoms with Gasteiger partial charge in [0.05, 0.1) is 12.0 Å². The first kappa shape index (κ1) is 6.85. The minimum absolute atomic E-state index is 0.699. The predicted octanol–water partition coefficient (Wildman–Crippen LogP) is 0.862. The maximum atomic E-state index is 5.46. The quantitative estimate of drug-likeness (QED) is 0.673. The predicted molar refractivity (Wildman–Crippen MR) is 43.1 cm³/mol. The van der Waals surface area contributed by atoms with Crippen LogP contribution >= 0.6 is 0 Å². The number of hydrogen-bond acceptors (Lipinski definition) is 2. The van der Waals surface area contributed by atoms with E-state index in [9.17, 15) is 0 Å². The molecule has 3 N–H and O–H groups in total. The molecule has 0 radical (unpaired) electrons. The highest BCUT2D eigenvalue weighted by molar-refractivity contribution is 5.14. The number of aromatic nitrogens is 2. The van der Waals surface area contributed by atoms with Gasteiger partial charge in [-0.15, -0.1) is 0 Å². The van der Waals surface area contributed by atoms with Crippen LogP contribution in [-0.2, 0) is 0 Å². The summed E-state index contributed by atoms with van der Waals surface area (Å²) in [6.07, 6.45) is 6.16. The fourth-order valence-electron chi connectivity index (χ4n) is 1.62. The third-order valence-electron chi connectivity index (χ3n) is 2.36. The van der Waals surface area contributed by atoms with Gasteiger partial charge in [-0.1, -0.05) is 0 Å². The Kier molecular flexibility index (Phi) is 1.66. The molecule has 0 aliphatic heterocycles. The summed E-state index contributed by atoms with van der Waals surface area (Å²) in [6, 6.07) is 0. The lowest BCUT2D eigenvalue weighted by Gasteiger charge is -1.92. The lowest BCUT2D eigenvalue weighted by molar-refractivity contribution is 0.710. The molecule has 0 aromatic carbocycles. The van der Waals surface area contributed by atoms with Gasteiger partial charge >= 0.3 is 0 Å². The van der Waals surface area contributed by atoms with Crippen molar-refractivity contribution in [1.29, 1.82) is 0 Å². The van der Waals surface area contributed by atoms with Crippen molar-refractivity contribution in [3.8, 4) is 0 Å². The third kappa shape index (κ3) is 1.28. The Morgan fingerprint density at radius 3 is 3.27 bits per heavy atom. The molecule has 1 heterocycles. The minimum Gasteiger partial charge on any atom is -0.351 e. The molecule has 0 bridgehead atoms. The van der Waals surface area contributed by atoms with Gasteiger partial charge in [0.15, 0.2) is 0 Å². The van der Waals surface area contributed by atoms with Crippen LogP contribution < -0.4 is 5.73 Å². The summed E-state index contributed by atoms with van der Waals surface area (Å²) >= 11 is 0. The lowest BCUT2D eigenvalue weighted by Crippen LogP contribution is -1.99. The Bertz CT molecular complexity index is 217. The molecule has 1 aromatic heterocycles. The van der Waals surface area contributed by atoms with Gasteiger partial charge in [-0.2, -0.15) is 0 Å². The van der Waals surface area contributed by atoms with Crippen molar-refractivity contribution >= 4 is 0 Å². The highest BCUT2D eigenvalue weighted by Crippen LogP contribution is 2.48. The van der Waals surface area contributed by atoms with Gasteiger partial charge < -0.3 is 10.7 Å². The van der Waals surface area contributed by atoms with Crippen LogP contribution in [0.15, 0.2) is 12.5 Å². The Morgan fingerprint density at radius 1 is 1.73 bits per heavy atom. The van der Waals surface area contributed by atoms with Crippen LogP contribution in [0.3, 0.4) is 0 Å². The molecule has 0 spiro atoms. The van der Waals surface area contributed by atoms with Crippen molar-refractivity contribution in [3.05, 3.63) is 18.2 Å². The molecular formula is C8H13N3. The number of nitrogens with two attached hydrogens (primary N) is 1. The Labute approximate surface area is 66.0 Å². The summed E-state index contributed by atoms with van der Waals surface area (Å²) in [7, 11) is 0. The van der Waals surface area contributed by atoms with Crippen LogP contribution in [-0.4, -0.2) is 16.5 Å². The average Bonchev–Trinajstić information content (AvgIpc) is 2.61. The number of hydrogen-bond donors (Lipinski definition) is 2. The Balaban J connectivity index is 1.92. The molecule has 1 fully saturated rings. The fraction of sp³-hybridized carbons (Fsp3) is 0.625. The van der Waals surface area contributed by atoms with Crippen LogP contribution in [0.1, 0.15) is 24.5 Å². The normalized spacial score (nSPS) is 28.8. The van der Waals surface area contributed by atoms with Crippen molar-refractivity contribution < 1.29 is 0 Å². The summed E-state index contributed by atoms with van der Waals surface area (Å²) in [6.45, 7) is 0.811. The first-order valence-corrected chi connectivity index (χ1v) is 4.10. The number of imidazole rings is 1. The molecule has 1 unspecified atom stereocenters. The zero-order valence-corrected chi connectivity index (χ0v) is 6.46. The lowest BCUT2D eigenvalue weighted by atomic mass is 10.2. The highest BCUT2D eigenvalue weighted by atomic mass is 14.9. The Morgan fingerprint density at radius 2 is 2.64 bits per heavy atom. The first-order chi connectivity index (χ1) is 5.42. The highest BCUT2D eigenvalue weighted by Gasteiger charge is 2.38. The van der Waals surface area contributed by atoms with E-state index in [1.54, 1.807) is 6.33 Å². The largest absolute Gasteiger partial charge is 0.351 e. The molecule has 2 atom stereocenters. The molecule has 2 rings (SSSR count). The second-order valence-electron chi connectivity index (χ2n) is 3.17. The van der Waals surface area contributed by atoms with E-state index in [1.807, 2.05) is 6.20 Å². The van der Waals surface area contributed by atoms with Gasteiger partial charge in [-0.05, 0) is 25.3 Å². The van der Waals surface area contributed by atoms with Crippen molar-refractivity contribution in [2.75, 3.05) is 6.54 Å². The van der Waals surface area contributed by atoms with E-state index in [-0.39, 0.29) is 0 Å². The number of nitrogens with one attached hydrogen (secondary N) is 1. The summed E-state index contributed by atoms with van der Waals surface area (Å²) in [5.41, 5.74) is 6.67. The average molecular weight is 151 g/mol. The number of aromatic amines is 1. The SMILES string of the molecule is NCC[C@@H]1CC1c1c[nH]cn1. The van der Waals surface area contributed by atoms with E-state index in [4.69, 9.17) is 5.73 Å². The van der Waals surface area contributed by atoms with Crippen molar-refractivity contribution in [1.82, 2.24) is 9.97 Å². The van der Waals surface area contributed by atoms with E-state index in [2.05, 4.69) is 9.97 Å². The first-order valence-electron chi connectivity index (χ1n) is 4.10. The summed E-state index contributed by atoms with van der Waals surface area (Å²) in [4.78, 5) is 7.19.